The van der Waals surface area contributed by atoms with Crippen LogP contribution in [0.1, 0.15) is 0 Å². The van der Waals surface area contributed by atoms with Gasteiger partial charge >= 0.3 is 0 Å². The van der Waals surface area contributed by atoms with E-state index < -0.39 is 5.82 Å². The number of nitrogens with two attached hydrogens (primary N) is 1. The van der Waals surface area contributed by atoms with E-state index in [0.29, 0.717) is 17.3 Å². The van der Waals surface area contributed by atoms with E-state index >= 15 is 0 Å². The highest BCUT2D eigenvalue weighted by Crippen LogP contribution is 2.32. The first-order valence-corrected chi connectivity index (χ1v) is 5.36. The Bertz CT molecular complexity index is 579. The Balaban J connectivity index is 2.37. The van der Waals surface area contributed by atoms with Gasteiger partial charge < -0.3 is 15.8 Å². The normalized spacial score (nSPS) is 10.2. The minimum atomic E-state index is -0.417. The van der Waals surface area contributed by atoms with Crippen LogP contribution in [0.3, 0.4) is 0 Å². The predicted octanol–water partition coefficient (Wildman–Crippen LogP) is 2.60. The standard InChI is InChI=1S/C11H10ClFN4O/c1-18-9-10(14)15-5-16-11(9)17-8-3-2-6(13)4-7(8)12/h2-5H,1H3,(H3,14,15,16,17). The van der Waals surface area contributed by atoms with Crippen LogP contribution in [-0.2, 0) is 0 Å². The van der Waals surface area contributed by atoms with E-state index in [-0.39, 0.29) is 10.8 Å². The van der Waals surface area contributed by atoms with Gasteiger partial charge in [0.25, 0.3) is 0 Å². The van der Waals surface area contributed by atoms with Crippen molar-refractivity contribution in [1.82, 2.24) is 9.97 Å². The first-order chi connectivity index (χ1) is 8.61. The lowest BCUT2D eigenvalue weighted by atomic mass is 10.3. The molecule has 0 aliphatic rings. The minimum absolute atomic E-state index is 0.202. The van der Waals surface area contributed by atoms with E-state index in [2.05, 4.69) is 15.3 Å². The molecular weight excluding hydrogens is 259 g/mol. The van der Waals surface area contributed by atoms with Crippen LogP contribution < -0.4 is 15.8 Å². The molecule has 18 heavy (non-hydrogen) atoms. The van der Waals surface area contributed by atoms with Gasteiger partial charge in [-0.1, -0.05) is 11.6 Å². The molecule has 0 bridgehead atoms. The van der Waals surface area contributed by atoms with Crippen molar-refractivity contribution in [3.05, 3.63) is 35.4 Å². The zero-order valence-electron chi connectivity index (χ0n) is 9.45. The third-order valence-corrected chi connectivity index (χ3v) is 2.53. The van der Waals surface area contributed by atoms with Crippen LogP contribution in [-0.4, -0.2) is 17.1 Å². The maximum Gasteiger partial charge on any atom is 0.204 e. The molecule has 1 aromatic heterocycles. The van der Waals surface area contributed by atoms with Crippen LogP contribution in [0.2, 0.25) is 5.02 Å². The first kappa shape index (κ1) is 12.4. The van der Waals surface area contributed by atoms with E-state index in [1.54, 1.807) is 0 Å². The molecule has 0 atom stereocenters. The Hall–Kier alpha value is -2.08. The van der Waals surface area contributed by atoms with Crippen LogP contribution in [0.4, 0.5) is 21.7 Å². The van der Waals surface area contributed by atoms with Gasteiger partial charge in [-0.15, -0.1) is 0 Å². The van der Waals surface area contributed by atoms with E-state index in [4.69, 9.17) is 22.1 Å². The summed E-state index contributed by atoms with van der Waals surface area (Å²) < 4.78 is 18.0. The number of hydrogen-bond acceptors (Lipinski definition) is 5. The van der Waals surface area contributed by atoms with Crippen molar-refractivity contribution in [2.75, 3.05) is 18.2 Å². The van der Waals surface area contributed by atoms with Gasteiger partial charge in [-0.25, -0.2) is 14.4 Å². The van der Waals surface area contributed by atoms with Crippen molar-refractivity contribution >= 4 is 28.9 Å². The molecule has 0 aliphatic heterocycles. The highest BCUT2D eigenvalue weighted by atomic mass is 35.5. The quantitative estimate of drug-likeness (QED) is 0.895. The Morgan fingerprint density at radius 2 is 2.17 bits per heavy atom. The van der Waals surface area contributed by atoms with Crippen molar-refractivity contribution in [2.24, 2.45) is 0 Å². The molecule has 5 nitrogen and oxygen atoms in total. The lowest BCUT2D eigenvalue weighted by Crippen LogP contribution is -2.03. The molecule has 2 rings (SSSR count). The minimum Gasteiger partial charge on any atom is -0.490 e. The van der Waals surface area contributed by atoms with Gasteiger partial charge in [0.05, 0.1) is 17.8 Å². The molecule has 1 heterocycles. The highest BCUT2D eigenvalue weighted by Gasteiger charge is 2.11. The maximum absolute atomic E-state index is 12.9. The molecule has 0 spiro atoms. The third kappa shape index (κ3) is 2.43. The number of rotatable bonds is 3. The lowest BCUT2D eigenvalue weighted by Gasteiger charge is -2.11. The zero-order chi connectivity index (χ0) is 13.1. The number of anilines is 3. The number of methoxy groups -OCH3 is 1. The number of hydrogen-bond donors (Lipinski definition) is 2. The number of nitrogens with zero attached hydrogens (tertiary/aromatic N) is 2. The van der Waals surface area contributed by atoms with E-state index in [1.807, 2.05) is 0 Å². The Morgan fingerprint density at radius 1 is 1.39 bits per heavy atom. The van der Waals surface area contributed by atoms with Gasteiger partial charge in [0.15, 0.2) is 11.6 Å². The largest absolute Gasteiger partial charge is 0.490 e. The third-order valence-electron chi connectivity index (χ3n) is 2.22. The molecule has 1 aromatic carbocycles. The van der Waals surface area contributed by atoms with Gasteiger partial charge in [0.1, 0.15) is 12.1 Å². The summed E-state index contributed by atoms with van der Waals surface area (Å²) in [6.07, 6.45) is 1.29. The van der Waals surface area contributed by atoms with Crippen molar-refractivity contribution < 1.29 is 9.13 Å². The second-order valence-electron chi connectivity index (χ2n) is 3.39. The van der Waals surface area contributed by atoms with Crippen LogP contribution in [0.5, 0.6) is 5.75 Å². The zero-order valence-corrected chi connectivity index (χ0v) is 10.2. The Kier molecular flexibility index (Phi) is 3.47. The van der Waals surface area contributed by atoms with Crippen LogP contribution >= 0.6 is 11.6 Å². The SMILES string of the molecule is COc1c(N)ncnc1Nc1ccc(F)cc1Cl. The summed E-state index contributed by atoms with van der Waals surface area (Å²) >= 11 is 5.90. The first-order valence-electron chi connectivity index (χ1n) is 4.98. The number of aromatic nitrogens is 2. The molecular formula is C11H10ClFN4O. The molecule has 0 radical (unpaired) electrons. The highest BCUT2D eigenvalue weighted by molar-refractivity contribution is 6.33. The molecule has 0 saturated carbocycles. The molecule has 7 heteroatoms. The van der Waals surface area contributed by atoms with Gasteiger partial charge in [-0.05, 0) is 18.2 Å². The fourth-order valence-corrected chi connectivity index (χ4v) is 1.61. The summed E-state index contributed by atoms with van der Waals surface area (Å²) in [4.78, 5) is 7.79. The fraction of sp³-hybridized carbons (Fsp3) is 0.0909. The Labute approximate surface area is 108 Å². The second kappa shape index (κ2) is 5.05. The molecule has 0 aliphatic carbocycles. The predicted molar refractivity (Wildman–Crippen MR) is 67.7 cm³/mol. The molecule has 2 aromatic rings. The Morgan fingerprint density at radius 3 is 2.83 bits per heavy atom. The lowest BCUT2D eigenvalue weighted by molar-refractivity contribution is 0.415. The van der Waals surface area contributed by atoms with Gasteiger partial charge in [0, 0.05) is 0 Å². The molecule has 0 saturated heterocycles. The fourth-order valence-electron chi connectivity index (χ4n) is 1.40. The van der Waals surface area contributed by atoms with E-state index in [0.717, 1.165) is 0 Å². The van der Waals surface area contributed by atoms with Gasteiger partial charge in [-0.3, -0.25) is 0 Å². The summed E-state index contributed by atoms with van der Waals surface area (Å²) in [6, 6.07) is 3.97. The van der Waals surface area contributed by atoms with Crippen molar-refractivity contribution in [1.29, 1.82) is 0 Å². The molecule has 94 valence electrons. The van der Waals surface area contributed by atoms with Crippen LogP contribution in [0, 0.1) is 5.82 Å². The summed E-state index contributed by atoms with van der Waals surface area (Å²) in [5.74, 6) is 0.448. The van der Waals surface area contributed by atoms with Crippen LogP contribution in [0.25, 0.3) is 0 Å². The monoisotopic (exact) mass is 268 g/mol. The summed E-state index contributed by atoms with van der Waals surface area (Å²) in [7, 11) is 1.45. The number of halogens is 2. The second-order valence-corrected chi connectivity index (χ2v) is 3.80. The van der Waals surface area contributed by atoms with Gasteiger partial charge in [0.2, 0.25) is 5.75 Å². The van der Waals surface area contributed by atoms with Crippen molar-refractivity contribution in [3.8, 4) is 5.75 Å². The molecule has 3 N–H and O–H groups in total. The van der Waals surface area contributed by atoms with Crippen molar-refractivity contribution in [3.63, 3.8) is 0 Å². The topological polar surface area (TPSA) is 73.1 Å². The molecule has 0 unspecified atom stereocenters. The average molecular weight is 269 g/mol. The molecule has 0 amide bonds. The number of benzene rings is 1. The number of nitrogen functional groups attached to an aromatic ring is 1. The average Bonchev–Trinajstić information content (AvgIpc) is 2.33. The summed E-state index contributed by atoms with van der Waals surface area (Å²) in [5.41, 5.74) is 6.13. The summed E-state index contributed by atoms with van der Waals surface area (Å²) in [6.45, 7) is 0. The van der Waals surface area contributed by atoms with Crippen LogP contribution in [0.15, 0.2) is 24.5 Å². The summed E-state index contributed by atoms with van der Waals surface area (Å²) in [5, 5.41) is 3.14. The smallest absolute Gasteiger partial charge is 0.204 e. The van der Waals surface area contributed by atoms with E-state index in [9.17, 15) is 4.39 Å². The van der Waals surface area contributed by atoms with Crippen molar-refractivity contribution in [2.45, 2.75) is 0 Å². The number of ether oxygens (including phenoxy) is 1. The number of nitrogens with one attached hydrogen (secondary N) is 1. The maximum atomic E-state index is 12.9. The van der Waals surface area contributed by atoms with Gasteiger partial charge in [-0.2, -0.15) is 0 Å². The van der Waals surface area contributed by atoms with E-state index in [1.165, 1.54) is 31.6 Å². The molecule has 0 fully saturated rings.